The normalized spacial score (nSPS) is 13.4. The molecule has 0 radical (unpaired) electrons. The summed E-state index contributed by atoms with van der Waals surface area (Å²) in [7, 11) is 0. The van der Waals surface area contributed by atoms with Crippen LogP contribution in [0.15, 0.2) is 41.2 Å². The van der Waals surface area contributed by atoms with E-state index in [1.165, 1.54) is 11.3 Å². The number of rotatable bonds is 6. The number of aromatic nitrogens is 1. The van der Waals surface area contributed by atoms with Gasteiger partial charge in [-0.25, -0.2) is 4.98 Å². The van der Waals surface area contributed by atoms with Gasteiger partial charge in [-0.1, -0.05) is 30.3 Å². The Kier molecular flexibility index (Phi) is 4.70. The number of nitrogens with one attached hydrogen (secondary N) is 1. The Morgan fingerprint density at radius 1 is 1.33 bits per heavy atom. The van der Waals surface area contributed by atoms with Crippen LogP contribution in [0, 0.1) is 0 Å². The average Bonchev–Trinajstić information content (AvgIpc) is 2.99. The van der Waals surface area contributed by atoms with Crippen molar-refractivity contribution in [2.24, 2.45) is 0 Å². The second-order valence-electron chi connectivity index (χ2n) is 4.94. The molecule has 2 aromatic rings. The standard InChI is InChI=1S/C15H16N2O3S/c1-15(14(19)20,11-5-3-2-4-6-11)7-13(18)16-8-12-9-21-10-17-12/h2-6,9-10H,7-8H2,1H3,(H,16,18)(H,19,20). The van der Waals surface area contributed by atoms with Crippen molar-refractivity contribution in [3.63, 3.8) is 0 Å². The molecule has 2 rings (SSSR count). The van der Waals surface area contributed by atoms with Crippen molar-refractivity contribution in [3.05, 3.63) is 52.5 Å². The fourth-order valence-corrected chi connectivity index (χ4v) is 2.56. The molecule has 21 heavy (non-hydrogen) atoms. The number of amides is 1. The van der Waals surface area contributed by atoms with Gasteiger partial charge >= 0.3 is 5.97 Å². The molecule has 110 valence electrons. The van der Waals surface area contributed by atoms with Gasteiger partial charge in [0.15, 0.2) is 0 Å². The third-order valence-electron chi connectivity index (χ3n) is 3.35. The number of carboxylic acids is 1. The van der Waals surface area contributed by atoms with Gasteiger partial charge in [0.2, 0.25) is 5.91 Å². The van der Waals surface area contributed by atoms with Gasteiger partial charge in [-0.15, -0.1) is 11.3 Å². The highest BCUT2D eigenvalue weighted by Gasteiger charge is 2.37. The summed E-state index contributed by atoms with van der Waals surface area (Å²) >= 11 is 1.45. The van der Waals surface area contributed by atoms with Crippen LogP contribution in [0.5, 0.6) is 0 Å². The Morgan fingerprint density at radius 3 is 2.62 bits per heavy atom. The molecule has 1 amide bonds. The summed E-state index contributed by atoms with van der Waals surface area (Å²) in [5.41, 5.74) is 1.83. The zero-order valence-corrected chi connectivity index (χ0v) is 12.4. The monoisotopic (exact) mass is 304 g/mol. The molecule has 1 atom stereocenters. The zero-order valence-electron chi connectivity index (χ0n) is 11.6. The summed E-state index contributed by atoms with van der Waals surface area (Å²) in [5, 5.41) is 14.0. The van der Waals surface area contributed by atoms with Crippen LogP contribution in [0.2, 0.25) is 0 Å². The average molecular weight is 304 g/mol. The van der Waals surface area contributed by atoms with Crippen molar-refractivity contribution in [1.29, 1.82) is 0 Å². The molecule has 2 N–H and O–H groups in total. The van der Waals surface area contributed by atoms with Gasteiger partial charge in [0, 0.05) is 11.8 Å². The Labute approximate surface area is 126 Å². The first kappa shape index (κ1) is 15.2. The molecule has 0 saturated carbocycles. The lowest BCUT2D eigenvalue weighted by molar-refractivity contribution is -0.145. The van der Waals surface area contributed by atoms with Gasteiger partial charge in [0.25, 0.3) is 0 Å². The highest BCUT2D eigenvalue weighted by atomic mass is 32.1. The number of hydrogen-bond acceptors (Lipinski definition) is 4. The van der Waals surface area contributed by atoms with Crippen LogP contribution in [0.25, 0.3) is 0 Å². The Hall–Kier alpha value is -2.21. The van der Waals surface area contributed by atoms with Crippen molar-refractivity contribution >= 4 is 23.2 Å². The van der Waals surface area contributed by atoms with Crippen molar-refractivity contribution in [3.8, 4) is 0 Å². The molecule has 0 bridgehead atoms. The first-order valence-corrected chi connectivity index (χ1v) is 7.39. The molecule has 0 spiro atoms. The Balaban J connectivity index is 2.06. The van der Waals surface area contributed by atoms with E-state index < -0.39 is 11.4 Å². The number of carboxylic acid groups (broad SMARTS) is 1. The predicted molar refractivity (Wildman–Crippen MR) is 80.0 cm³/mol. The molecule has 1 unspecified atom stereocenters. The van der Waals surface area contributed by atoms with Crippen molar-refractivity contribution in [2.45, 2.75) is 25.3 Å². The van der Waals surface area contributed by atoms with E-state index in [2.05, 4.69) is 10.3 Å². The summed E-state index contributed by atoms with van der Waals surface area (Å²) in [5.74, 6) is -1.32. The quantitative estimate of drug-likeness (QED) is 0.857. The SMILES string of the molecule is CC(CC(=O)NCc1cscn1)(C(=O)O)c1ccccc1. The highest BCUT2D eigenvalue weighted by molar-refractivity contribution is 7.07. The number of aliphatic carboxylic acids is 1. The summed E-state index contributed by atoms with van der Waals surface area (Å²) in [4.78, 5) is 27.7. The minimum Gasteiger partial charge on any atom is -0.481 e. The van der Waals surface area contributed by atoms with Crippen LogP contribution < -0.4 is 5.32 Å². The Bertz CT molecular complexity index is 613. The summed E-state index contributed by atoms with van der Waals surface area (Å²) < 4.78 is 0. The number of carbonyl (C=O) groups excluding carboxylic acids is 1. The smallest absolute Gasteiger partial charge is 0.314 e. The molecule has 0 fully saturated rings. The first-order valence-electron chi connectivity index (χ1n) is 6.45. The summed E-state index contributed by atoms with van der Waals surface area (Å²) in [6.45, 7) is 1.87. The second-order valence-corrected chi connectivity index (χ2v) is 5.66. The van der Waals surface area contributed by atoms with Gasteiger partial charge in [0.05, 0.1) is 23.2 Å². The number of nitrogens with zero attached hydrogens (tertiary/aromatic N) is 1. The minimum atomic E-state index is -1.24. The van der Waals surface area contributed by atoms with Crippen LogP contribution in [0.4, 0.5) is 0 Å². The van der Waals surface area contributed by atoms with Gasteiger partial charge in [0.1, 0.15) is 0 Å². The van der Waals surface area contributed by atoms with E-state index in [1.54, 1.807) is 36.7 Å². The van der Waals surface area contributed by atoms with Gasteiger partial charge in [-0.05, 0) is 12.5 Å². The lowest BCUT2D eigenvalue weighted by Crippen LogP contribution is -2.38. The zero-order chi connectivity index (χ0) is 15.3. The van der Waals surface area contributed by atoms with E-state index >= 15 is 0 Å². The molecule has 1 aromatic carbocycles. The number of benzene rings is 1. The molecule has 1 heterocycles. The minimum absolute atomic E-state index is 0.115. The van der Waals surface area contributed by atoms with E-state index in [-0.39, 0.29) is 12.3 Å². The lowest BCUT2D eigenvalue weighted by atomic mass is 9.79. The van der Waals surface area contributed by atoms with Crippen LogP contribution in [0.1, 0.15) is 24.6 Å². The molecule has 0 aliphatic carbocycles. The third-order valence-corrected chi connectivity index (χ3v) is 3.98. The largest absolute Gasteiger partial charge is 0.481 e. The Morgan fingerprint density at radius 2 is 2.05 bits per heavy atom. The van der Waals surface area contributed by atoms with E-state index in [9.17, 15) is 14.7 Å². The predicted octanol–water partition coefficient (Wildman–Crippen LogP) is 2.19. The van der Waals surface area contributed by atoms with Crippen LogP contribution in [-0.4, -0.2) is 22.0 Å². The molecule has 0 aliphatic heterocycles. The number of carbonyl (C=O) groups is 2. The summed E-state index contributed by atoms with van der Waals surface area (Å²) in [6, 6.07) is 8.80. The lowest BCUT2D eigenvalue weighted by Gasteiger charge is -2.24. The molecule has 1 aromatic heterocycles. The van der Waals surface area contributed by atoms with Crippen LogP contribution in [-0.2, 0) is 21.5 Å². The van der Waals surface area contributed by atoms with Gasteiger partial charge < -0.3 is 10.4 Å². The maximum Gasteiger partial charge on any atom is 0.314 e. The maximum absolute atomic E-state index is 12.0. The summed E-state index contributed by atoms with van der Waals surface area (Å²) in [6.07, 6.45) is -0.115. The van der Waals surface area contributed by atoms with Crippen LogP contribution >= 0.6 is 11.3 Å². The molecular weight excluding hydrogens is 288 g/mol. The second kappa shape index (κ2) is 6.49. The fourth-order valence-electron chi connectivity index (χ4n) is 2.00. The van der Waals surface area contributed by atoms with E-state index in [0.717, 1.165) is 5.69 Å². The molecular formula is C15H16N2O3S. The van der Waals surface area contributed by atoms with E-state index in [1.807, 2.05) is 11.4 Å². The first-order chi connectivity index (χ1) is 10.0. The van der Waals surface area contributed by atoms with E-state index in [0.29, 0.717) is 12.1 Å². The third kappa shape index (κ3) is 3.66. The van der Waals surface area contributed by atoms with Gasteiger partial charge in [-0.3, -0.25) is 9.59 Å². The molecule has 0 aliphatic rings. The molecule has 0 saturated heterocycles. The molecule has 6 heteroatoms. The van der Waals surface area contributed by atoms with Crippen molar-refractivity contribution in [2.75, 3.05) is 0 Å². The number of thiazole rings is 1. The van der Waals surface area contributed by atoms with Crippen LogP contribution in [0.3, 0.4) is 0 Å². The number of hydrogen-bond donors (Lipinski definition) is 2. The maximum atomic E-state index is 12.0. The van der Waals surface area contributed by atoms with Crippen molar-refractivity contribution < 1.29 is 14.7 Å². The van der Waals surface area contributed by atoms with E-state index in [4.69, 9.17) is 0 Å². The molecule has 5 nitrogen and oxygen atoms in total. The fraction of sp³-hybridized carbons (Fsp3) is 0.267. The highest BCUT2D eigenvalue weighted by Crippen LogP contribution is 2.28. The topological polar surface area (TPSA) is 79.3 Å². The van der Waals surface area contributed by atoms with Crippen molar-refractivity contribution in [1.82, 2.24) is 10.3 Å². The van der Waals surface area contributed by atoms with Gasteiger partial charge in [-0.2, -0.15) is 0 Å².